The number of carbonyl (C=O) groups is 3. The SMILES string of the molecule is CCCCCCCCCCCOc1cc(CNC(=O)c2cc(OCCOCCOCCOC(=O)CCCN3CCCCC3)c(OCCOCCOCCOCc3ccccc3)c(OCCOCCOCCOC(=O)CCCN3CCCCC3)c2)cc(OCCCCCCCCCCC)c1. The molecule has 2 saturated heterocycles. The topological polar surface area (TPSA) is 199 Å². The Labute approximate surface area is 595 Å². The Morgan fingerprint density at radius 2 is 0.747 bits per heavy atom. The van der Waals surface area contributed by atoms with E-state index in [4.69, 9.17) is 66.3 Å². The monoisotopic (exact) mass is 1390 g/mol. The number of amides is 1. The van der Waals surface area contributed by atoms with Crippen LogP contribution in [0.3, 0.4) is 0 Å². The first kappa shape index (κ1) is 84.4. The molecule has 2 aliphatic rings. The van der Waals surface area contributed by atoms with Gasteiger partial charge in [0.05, 0.1) is 106 Å². The lowest BCUT2D eigenvalue weighted by atomic mass is 10.1. The molecule has 562 valence electrons. The highest BCUT2D eigenvalue weighted by Gasteiger charge is 2.21. The van der Waals surface area contributed by atoms with Crippen LogP contribution in [0.1, 0.15) is 215 Å². The molecule has 5 rings (SSSR count). The molecule has 2 heterocycles. The van der Waals surface area contributed by atoms with Gasteiger partial charge < -0.3 is 81.4 Å². The van der Waals surface area contributed by atoms with Crippen LogP contribution < -0.4 is 29.0 Å². The summed E-state index contributed by atoms with van der Waals surface area (Å²) in [6, 6.07) is 19.2. The summed E-state index contributed by atoms with van der Waals surface area (Å²) in [4.78, 5) is 44.0. The molecule has 1 amide bonds. The van der Waals surface area contributed by atoms with Gasteiger partial charge in [-0.3, -0.25) is 14.4 Å². The minimum atomic E-state index is -0.365. The van der Waals surface area contributed by atoms with E-state index in [0.717, 1.165) is 88.9 Å². The lowest BCUT2D eigenvalue weighted by molar-refractivity contribution is -0.146. The molecule has 0 radical (unpaired) electrons. The Morgan fingerprint density at radius 1 is 0.364 bits per heavy atom. The Morgan fingerprint density at radius 3 is 1.18 bits per heavy atom. The van der Waals surface area contributed by atoms with E-state index in [0.29, 0.717) is 83.8 Å². The zero-order valence-electron chi connectivity index (χ0n) is 61.2. The molecule has 2 aliphatic heterocycles. The van der Waals surface area contributed by atoms with E-state index < -0.39 is 0 Å². The van der Waals surface area contributed by atoms with Gasteiger partial charge in [0.25, 0.3) is 5.91 Å². The Kier molecular flexibility index (Phi) is 50.5. The lowest BCUT2D eigenvalue weighted by Crippen LogP contribution is -2.30. The van der Waals surface area contributed by atoms with Gasteiger partial charge in [0, 0.05) is 31.0 Å². The summed E-state index contributed by atoms with van der Waals surface area (Å²) < 4.78 is 83.5. The highest BCUT2D eigenvalue weighted by molar-refractivity contribution is 5.95. The van der Waals surface area contributed by atoms with Crippen LogP contribution in [0.15, 0.2) is 60.7 Å². The first-order valence-corrected chi connectivity index (χ1v) is 38.5. The van der Waals surface area contributed by atoms with Crippen molar-refractivity contribution >= 4 is 17.8 Å². The molecule has 0 aliphatic carbocycles. The number of carbonyl (C=O) groups excluding carboxylic acids is 3. The maximum Gasteiger partial charge on any atom is 0.305 e. The summed E-state index contributed by atoms with van der Waals surface area (Å²) in [5, 5.41) is 3.14. The molecule has 0 spiro atoms. The average Bonchev–Trinajstić information content (AvgIpc) is 0.821. The van der Waals surface area contributed by atoms with Crippen molar-refractivity contribution in [2.24, 2.45) is 0 Å². The number of nitrogens with one attached hydrogen (secondary N) is 1. The van der Waals surface area contributed by atoms with E-state index in [1.54, 1.807) is 12.1 Å². The minimum Gasteiger partial charge on any atom is -0.493 e. The van der Waals surface area contributed by atoms with Crippen LogP contribution in [0, 0.1) is 0 Å². The van der Waals surface area contributed by atoms with Gasteiger partial charge in [-0.05, 0) is 126 Å². The van der Waals surface area contributed by atoms with Crippen LogP contribution in [0.5, 0.6) is 28.7 Å². The highest BCUT2D eigenvalue weighted by Crippen LogP contribution is 2.39. The first-order valence-electron chi connectivity index (χ1n) is 38.5. The molecule has 0 atom stereocenters. The number of esters is 2. The van der Waals surface area contributed by atoms with Crippen LogP contribution in [-0.2, 0) is 65.4 Å². The van der Waals surface area contributed by atoms with Crippen molar-refractivity contribution in [3.8, 4) is 28.7 Å². The third-order valence-corrected chi connectivity index (χ3v) is 17.3. The zero-order valence-corrected chi connectivity index (χ0v) is 61.2. The van der Waals surface area contributed by atoms with Crippen molar-refractivity contribution in [2.75, 3.05) is 171 Å². The quantitative estimate of drug-likeness (QED) is 0.0413. The summed E-state index contributed by atoms with van der Waals surface area (Å²) in [5.74, 6) is 1.46. The van der Waals surface area contributed by atoms with Gasteiger partial charge in [0.2, 0.25) is 5.75 Å². The second-order valence-corrected chi connectivity index (χ2v) is 25.9. The second kappa shape index (κ2) is 59.3. The molecule has 0 bridgehead atoms. The molecular weight excluding hydrogens is 1260 g/mol. The summed E-state index contributed by atoms with van der Waals surface area (Å²) >= 11 is 0. The Balaban J connectivity index is 1.20. The van der Waals surface area contributed by atoms with Crippen molar-refractivity contribution in [3.05, 3.63) is 77.4 Å². The molecule has 3 aromatic carbocycles. The Hall–Kier alpha value is -5.29. The fourth-order valence-corrected chi connectivity index (χ4v) is 11.8. The smallest absolute Gasteiger partial charge is 0.305 e. The van der Waals surface area contributed by atoms with Gasteiger partial charge in [-0.25, -0.2) is 0 Å². The standard InChI is InChI=1S/C79H129N3O17/c1-3-5-7-9-11-13-15-17-28-42-93-72-62-70(63-73(66-72)94-43-29-18-16-14-12-10-8-6-4-2)67-80-79(85)71-64-74(95-57-52-87-46-48-89-54-59-97-76(83)34-30-40-81-36-24-20-25-37-81)78(99-61-56-91-45-44-86-50-51-92-68-69-32-22-19-23-33-69)75(65-71)96-58-53-88-47-49-90-55-60-98-77(84)35-31-41-82-38-26-21-27-39-82/h19,22-23,32-33,62-66H,3-18,20-21,24-31,34-61,67-68H2,1-2H3,(H,80,85). The van der Waals surface area contributed by atoms with Gasteiger partial charge >= 0.3 is 11.9 Å². The number of nitrogens with zero attached hydrogens (tertiary/aromatic N) is 2. The van der Waals surface area contributed by atoms with Gasteiger partial charge in [0.1, 0.15) is 44.5 Å². The van der Waals surface area contributed by atoms with Crippen molar-refractivity contribution in [1.29, 1.82) is 0 Å². The van der Waals surface area contributed by atoms with E-state index in [9.17, 15) is 14.4 Å². The average molecular weight is 1390 g/mol. The second-order valence-electron chi connectivity index (χ2n) is 25.9. The summed E-state index contributed by atoms with van der Waals surface area (Å²) in [7, 11) is 0. The number of hydrogen-bond acceptors (Lipinski definition) is 19. The predicted octanol–water partition coefficient (Wildman–Crippen LogP) is 14.5. The van der Waals surface area contributed by atoms with Crippen LogP contribution in [-0.4, -0.2) is 199 Å². The first-order chi connectivity index (χ1) is 48.9. The number of likely N-dealkylation sites (tertiary alicyclic amines) is 2. The molecule has 0 saturated carbocycles. The molecule has 20 nitrogen and oxygen atoms in total. The van der Waals surface area contributed by atoms with Gasteiger partial charge in [-0.1, -0.05) is 160 Å². The van der Waals surface area contributed by atoms with E-state index in [2.05, 4.69) is 29.0 Å². The zero-order chi connectivity index (χ0) is 69.8. The van der Waals surface area contributed by atoms with Crippen molar-refractivity contribution in [2.45, 2.75) is 207 Å². The molecule has 20 heteroatoms. The third-order valence-electron chi connectivity index (χ3n) is 17.3. The highest BCUT2D eigenvalue weighted by atomic mass is 16.6. The van der Waals surface area contributed by atoms with Crippen molar-refractivity contribution in [3.63, 3.8) is 0 Å². The molecule has 3 aromatic rings. The molecule has 1 N–H and O–H groups in total. The largest absolute Gasteiger partial charge is 0.493 e. The van der Waals surface area contributed by atoms with E-state index in [1.165, 1.54) is 128 Å². The van der Waals surface area contributed by atoms with Crippen LogP contribution in [0.25, 0.3) is 0 Å². The lowest BCUT2D eigenvalue weighted by Gasteiger charge is -2.26. The number of rotatable bonds is 65. The van der Waals surface area contributed by atoms with Gasteiger partial charge in [0.15, 0.2) is 11.5 Å². The summed E-state index contributed by atoms with van der Waals surface area (Å²) in [5.41, 5.74) is 2.22. The maximum atomic E-state index is 14.5. The minimum absolute atomic E-state index is 0.105. The van der Waals surface area contributed by atoms with Crippen LogP contribution in [0.4, 0.5) is 0 Å². The van der Waals surface area contributed by atoms with E-state index in [-0.39, 0.29) is 126 Å². The molecule has 0 aromatic heterocycles. The van der Waals surface area contributed by atoms with Crippen LogP contribution >= 0.6 is 0 Å². The van der Waals surface area contributed by atoms with Gasteiger partial charge in [-0.2, -0.15) is 0 Å². The molecule has 0 unspecified atom stereocenters. The third kappa shape index (κ3) is 44.0. The normalized spacial score (nSPS) is 13.5. The molecule has 99 heavy (non-hydrogen) atoms. The fourth-order valence-electron chi connectivity index (χ4n) is 11.8. The number of unbranched alkanes of at least 4 members (excludes halogenated alkanes) is 16. The molecule has 2 fully saturated rings. The maximum absolute atomic E-state index is 14.5. The van der Waals surface area contributed by atoms with E-state index in [1.807, 2.05) is 48.5 Å². The molecular formula is C79H129N3O17. The number of benzene rings is 3. The van der Waals surface area contributed by atoms with E-state index >= 15 is 0 Å². The Bertz CT molecular complexity index is 2330. The van der Waals surface area contributed by atoms with Crippen LogP contribution in [0.2, 0.25) is 0 Å². The van der Waals surface area contributed by atoms with Gasteiger partial charge in [-0.15, -0.1) is 0 Å². The summed E-state index contributed by atoms with van der Waals surface area (Å²) in [6.45, 7) is 17.3. The number of ether oxygens (including phenoxy) is 14. The predicted molar refractivity (Wildman–Crippen MR) is 388 cm³/mol. The summed E-state index contributed by atoms with van der Waals surface area (Å²) in [6.07, 6.45) is 31.9. The van der Waals surface area contributed by atoms with Crippen molar-refractivity contribution in [1.82, 2.24) is 15.1 Å². The number of piperidine rings is 2. The number of hydrogen-bond donors (Lipinski definition) is 1. The van der Waals surface area contributed by atoms with Crippen molar-refractivity contribution < 1.29 is 80.7 Å². The fraction of sp³-hybridized carbons (Fsp3) is 0.734.